The van der Waals surface area contributed by atoms with Crippen molar-refractivity contribution in [3.05, 3.63) is 59.7 Å². The summed E-state index contributed by atoms with van der Waals surface area (Å²) in [4.78, 5) is 38.3. The van der Waals surface area contributed by atoms with Gasteiger partial charge in [0, 0.05) is 25.6 Å². The Kier molecular flexibility index (Phi) is 6.93. The van der Waals surface area contributed by atoms with Gasteiger partial charge in [0.05, 0.1) is 13.0 Å². The third-order valence-electron chi connectivity index (χ3n) is 6.34. The van der Waals surface area contributed by atoms with Gasteiger partial charge in [-0.05, 0) is 35.1 Å². The minimum absolute atomic E-state index is 0.0285. The zero-order valence-corrected chi connectivity index (χ0v) is 18.5. The molecule has 0 radical (unpaired) electrons. The summed E-state index contributed by atoms with van der Waals surface area (Å²) in [6, 6.07) is 14.8. The molecular weight excluding hydrogens is 424 g/mol. The first kappa shape index (κ1) is 22.8. The first-order valence-electron chi connectivity index (χ1n) is 11.1. The summed E-state index contributed by atoms with van der Waals surface area (Å²) in [5.41, 5.74) is 4.47. The van der Waals surface area contributed by atoms with Gasteiger partial charge in [0.2, 0.25) is 5.91 Å². The van der Waals surface area contributed by atoms with Crippen molar-refractivity contribution in [2.75, 3.05) is 26.9 Å². The highest BCUT2D eigenvalue weighted by molar-refractivity contribution is 5.87. The Morgan fingerprint density at radius 3 is 2.33 bits per heavy atom. The maximum Gasteiger partial charge on any atom is 0.407 e. The van der Waals surface area contributed by atoms with E-state index >= 15 is 0 Å². The van der Waals surface area contributed by atoms with Crippen molar-refractivity contribution in [2.24, 2.45) is 0 Å². The predicted octanol–water partition coefficient (Wildman–Crippen LogP) is 3.01. The standard InChI is InChI=1S/C25H28N2O6/c1-32-15-22(24(30)27-12-6-7-16(27)13-23(28)29)26-25(31)33-14-21-19-10-4-2-8-17(19)18-9-3-5-11-20(18)21/h2-5,8-11,16,21-22H,6-7,12-15H2,1H3,(H,26,31)(H,28,29)/t16?,22-/m0/s1. The second-order valence-corrected chi connectivity index (χ2v) is 8.40. The number of carbonyl (C=O) groups excluding carboxylic acids is 2. The number of hydrogen-bond acceptors (Lipinski definition) is 5. The molecule has 2 amide bonds. The number of methoxy groups -OCH3 is 1. The van der Waals surface area contributed by atoms with E-state index in [1.54, 1.807) is 0 Å². The highest BCUT2D eigenvalue weighted by atomic mass is 16.5. The quantitative estimate of drug-likeness (QED) is 0.638. The first-order valence-corrected chi connectivity index (χ1v) is 11.1. The Labute approximate surface area is 192 Å². The fraction of sp³-hybridized carbons (Fsp3) is 0.400. The monoisotopic (exact) mass is 452 g/mol. The van der Waals surface area contributed by atoms with Crippen LogP contribution in [0.15, 0.2) is 48.5 Å². The molecule has 1 unspecified atom stereocenters. The SMILES string of the molecule is COC[C@H](NC(=O)OCC1c2ccccc2-c2ccccc21)C(=O)N1CCCC1CC(=O)O. The number of carbonyl (C=O) groups is 3. The average molecular weight is 453 g/mol. The average Bonchev–Trinajstić information content (AvgIpc) is 3.39. The Bertz CT molecular complexity index is 994. The van der Waals surface area contributed by atoms with Crippen molar-refractivity contribution >= 4 is 18.0 Å². The maximum atomic E-state index is 13.0. The molecule has 0 saturated carbocycles. The lowest BCUT2D eigenvalue weighted by Crippen LogP contribution is -2.52. The third kappa shape index (κ3) is 4.85. The van der Waals surface area contributed by atoms with E-state index in [1.807, 2.05) is 36.4 Å². The minimum atomic E-state index is -0.951. The summed E-state index contributed by atoms with van der Waals surface area (Å²) in [7, 11) is 1.44. The summed E-state index contributed by atoms with van der Waals surface area (Å²) in [6.07, 6.45) is 0.536. The van der Waals surface area contributed by atoms with E-state index in [1.165, 1.54) is 12.0 Å². The van der Waals surface area contributed by atoms with Crippen LogP contribution in [0.3, 0.4) is 0 Å². The van der Waals surface area contributed by atoms with Gasteiger partial charge >= 0.3 is 12.1 Å². The Balaban J connectivity index is 1.41. The van der Waals surface area contributed by atoms with Gasteiger partial charge in [-0.25, -0.2) is 4.79 Å². The Morgan fingerprint density at radius 2 is 1.73 bits per heavy atom. The Hall–Kier alpha value is -3.39. The number of aliphatic carboxylic acids is 1. The lowest BCUT2D eigenvalue weighted by atomic mass is 9.98. The van der Waals surface area contributed by atoms with Crippen LogP contribution in [0.5, 0.6) is 0 Å². The van der Waals surface area contributed by atoms with Gasteiger partial charge in [-0.3, -0.25) is 9.59 Å². The number of fused-ring (bicyclic) bond motifs is 3. The van der Waals surface area contributed by atoms with Gasteiger partial charge in [-0.2, -0.15) is 0 Å². The Morgan fingerprint density at radius 1 is 1.09 bits per heavy atom. The van der Waals surface area contributed by atoms with Crippen LogP contribution in [-0.4, -0.2) is 66.9 Å². The van der Waals surface area contributed by atoms with Crippen LogP contribution in [0.4, 0.5) is 4.79 Å². The number of alkyl carbamates (subject to hydrolysis) is 1. The zero-order chi connectivity index (χ0) is 23.4. The van der Waals surface area contributed by atoms with E-state index in [4.69, 9.17) is 14.6 Å². The number of rotatable bonds is 8. The molecule has 33 heavy (non-hydrogen) atoms. The van der Waals surface area contributed by atoms with Crippen molar-refractivity contribution in [3.8, 4) is 11.1 Å². The van der Waals surface area contributed by atoms with Gasteiger partial charge in [-0.15, -0.1) is 0 Å². The lowest BCUT2D eigenvalue weighted by molar-refractivity contribution is -0.141. The highest BCUT2D eigenvalue weighted by Crippen LogP contribution is 2.44. The summed E-state index contributed by atoms with van der Waals surface area (Å²) >= 11 is 0. The molecule has 2 aromatic carbocycles. The first-order chi connectivity index (χ1) is 16.0. The molecule has 1 saturated heterocycles. The molecule has 2 N–H and O–H groups in total. The number of benzene rings is 2. The molecule has 8 nitrogen and oxygen atoms in total. The fourth-order valence-electron chi connectivity index (χ4n) is 4.86. The number of nitrogens with zero attached hydrogens (tertiary/aromatic N) is 1. The molecule has 0 bridgehead atoms. The number of likely N-dealkylation sites (tertiary alicyclic amines) is 1. The van der Waals surface area contributed by atoms with Crippen LogP contribution in [-0.2, 0) is 19.1 Å². The third-order valence-corrected chi connectivity index (χ3v) is 6.34. The normalized spacial score (nSPS) is 17.8. The molecule has 8 heteroatoms. The molecule has 2 atom stereocenters. The number of carboxylic acids is 1. The number of hydrogen-bond donors (Lipinski definition) is 2. The van der Waals surface area contributed by atoms with Crippen LogP contribution >= 0.6 is 0 Å². The smallest absolute Gasteiger partial charge is 0.407 e. The highest BCUT2D eigenvalue weighted by Gasteiger charge is 2.35. The van der Waals surface area contributed by atoms with E-state index in [2.05, 4.69) is 17.4 Å². The summed E-state index contributed by atoms with van der Waals surface area (Å²) in [5, 5.41) is 11.7. The predicted molar refractivity (Wildman–Crippen MR) is 121 cm³/mol. The van der Waals surface area contributed by atoms with Crippen molar-refractivity contribution in [1.29, 1.82) is 0 Å². The van der Waals surface area contributed by atoms with Crippen LogP contribution in [0.2, 0.25) is 0 Å². The summed E-state index contributed by atoms with van der Waals surface area (Å²) < 4.78 is 10.7. The fourth-order valence-corrected chi connectivity index (χ4v) is 4.86. The lowest BCUT2D eigenvalue weighted by Gasteiger charge is -2.28. The molecular formula is C25H28N2O6. The molecule has 0 aromatic heterocycles. The van der Waals surface area contributed by atoms with Gasteiger partial charge < -0.3 is 24.8 Å². The molecule has 1 aliphatic heterocycles. The second-order valence-electron chi connectivity index (χ2n) is 8.40. The van der Waals surface area contributed by atoms with Crippen molar-refractivity contribution in [2.45, 2.75) is 37.3 Å². The molecule has 1 aliphatic carbocycles. The molecule has 2 aliphatic rings. The summed E-state index contributed by atoms with van der Waals surface area (Å²) in [5.74, 6) is -1.39. The molecule has 1 heterocycles. The van der Waals surface area contributed by atoms with Crippen LogP contribution in [0, 0.1) is 0 Å². The molecule has 174 valence electrons. The topological polar surface area (TPSA) is 105 Å². The van der Waals surface area contributed by atoms with Crippen molar-refractivity contribution in [1.82, 2.24) is 10.2 Å². The molecule has 1 fully saturated rings. The second kappa shape index (κ2) is 10.0. The van der Waals surface area contributed by atoms with Gasteiger partial charge in [-0.1, -0.05) is 48.5 Å². The number of nitrogens with one attached hydrogen (secondary N) is 1. The van der Waals surface area contributed by atoms with E-state index < -0.39 is 18.1 Å². The number of ether oxygens (including phenoxy) is 2. The van der Waals surface area contributed by atoms with Gasteiger partial charge in [0.1, 0.15) is 12.6 Å². The molecule has 2 aromatic rings. The largest absolute Gasteiger partial charge is 0.481 e. The van der Waals surface area contributed by atoms with Crippen molar-refractivity contribution < 1.29 is 29.0 Å². The summed E-state index contributed by atoms with van der Waals surface area (Å²) in [6.45, 7) is 0.571. The van der Waals surface area contributed by atoms with Crippen LogP contribution < -0.4 is 5.32 Å². The number of amides is 2. The molecule has 4 rings (SSSR count). The number of carboxylic acid groups (broad SMARTS) is 1. The van der Waals surface area contributed by atoms with Crippen molar-refractivity contribution in [3.63, 3.8) is 0 Å². The van der Waals surface area contributed by atoms with E-state index in [-0.39, 0.29) is 37.5 Å². The molecule has 0 spiro atoms. The van der Waals surface area contributed by atoms with E-state index in [0.717, 1.165) is 28.7 Å². The zero-order valence-electron chi connectivity index (χ0n) is 18.5. The maximum absolute atomic E-state index is 13.0. The van der Waals surface area contributed by atoms with Crippen LogP contribution in [0.25, 0.3) is 11.1 Å². The van der Waals surface area contributed by atoms with Crippen LogP contribution in [0.1, 0.15) is 36.3 Å². The van der Waals surface area contributed by atoms with E-state index in [0.29, 0.717) is 13.0 Å². The van der Waals surface area contributed by atoms with Gasteiger partial charge in [0.15, 0.2) is 0 Å². The minimum Gasteiger partial charge on any atom is -0.481 e. The van der Waals surface area contributed by atoms with E-state index in [9.17, 15) is 14.4 Å². The van der Waals surface area contributed by atoms with Gasteiger partial charge in [0.25, 0.3) is 0 Å².